The molecule has 1 unspecified atom stereocenters. The Morgan fingerprint density at radius 3 is 3.17 bits per heavy atom. The van der Waals surface area contributed by atoms with Crippen LogP contribution >= 0.6 is 0 Å². The molecule has 3 N–H and O–H groups in total. The van der Waals surface area contributed by atoms with Crippen LogP contribution in [0.15, 0.2) is 17.8 Å². The standard InChI is InChI=1S/C8H15N3O/c1-2-10-8(9)11-5-3-4-7(11)6-12/h2,7,12H,1,3-6H2,(H2,9,10). The van der Waals surface area contributed by atoms with Crippen LogP contribution in [-0.4, -0.2) is 35.2 Å². The van der Waals surface area contributed by atoms with Gasteiger partial charge in [0.2, 0.25) is 0 Å². The molecule has 1 rings (SSSR count). The topological polar surface area (TPSA) is 61.8 Å². The van der Waals surface area contributed by atoms with Gasteiger partial charge in [0, 0.05) is 12.7 Å². The molecule has 0 aromatic heterocycles. The van der Waals surface area contributed by atoms with Gasteiger partial charge in [-0.3, -0.25) is 0 Å². The number of aliphatic hydroxyl groups excluding tert-OH is 1. The zero-order valence-electron chi connectivity index (χ0n) is 7.11. The first-order valence-corrected chi connectivity index (χ1v) is 4.11. The van der Waals surface area contributed by atoms with Crippen LogP contribution in [0.2, 0.25) is 0 Å². The lowest BCUT2D eigenvalue weighted by Gasteiger charge is -2.23. The molecule has 4 heteroatoms. The maximum atomic E-state index is 8.98. The van der Waals surface area contributed by atoms with E-state index in [2.05, 4.69) is 11.6 Å². The summed E-state index contributed by atoms with van der Waals surface area (Å²) in [5.74, 6) is 0.460. The molecule has 4 nitrogen and oxygen atoms in total. The molecule has 1 heterocycles. The predicted molar refractivity (Wildman–Crippen MR) is 48.6 cm³/mol. The highest BCUT2D eigenvalue weighted by atomic mass is 16.3. The lowest BCUT2D eigenvalue weighted by molar-refractivity contribution is 0.207. The zero-order valence-corrected chi connectivity index (χ0v) is 7.11. The Morgan fingerprint density at radius 1 is 1.83 bits per heavy atom. The number of nitrogens with two attached hydrogens (primary N) is 1. The number of aliphatic imine (C=N–C) groups is 1. The number of hydrogen-bond donors (Lipinski definition) is 2. The molecule has 0 bridgehead atoms. The van der Waals surface area contributed by atoms with E-state index in [1.807, 2.05) is 4.90 Å². The van der Waals surface area contributed by atoms with Crippen molar-refractivity contribution in [2.75, 3.05) is 13.2 Å². The van der Waals surface area contributed by atoms with Gasteiger partial charge in [0.1, 0.15) is 0 Å². The van der Waals surface area contributed by atoms with E-state index in [0.29, 0.717) is 5.96 Å². The zero-order chi connectivity index (χ0) is 8.97. The molecule has 1 atom stereocenters. The molecule has 1 aliphatic heterocycles. The average Bonchev–Trinajstić information content (AvgIpc) is 2.51. The molecule has 1 fully saturated rings. The highest BCUT2D eigenvalue weighted by Crippen LogP contribution is 2.15. The van der Waals surface area contributed by atoms with Crippen molar-refractivity contribution in [3.63, 3.8) is 0 Å². The third-order valence-corrected chi connectivity index (χ3v) is 2.11. The van der Waals surface area contributed by atoms with Gasteiger partial charge < -0.3 is 15.7 Å². The summed E-state index contributed by atoms with van der Waals surface area (Å²) in [6.45, 7) is 4.50. The summed E-state index contributed by atoms with van der Waals surface area (Å²) < 4.78 is 0. The van der Waals surface area contributed by atoms with Crippen LogP contribution in [-0.2, 0) is 0 Å². The maximum absolute atomic E-state index is 8.98. The largest absolute Gasteiger partial charge is 0.394 e. The first kappa shape index (κ1) is 9.06. The summed E-state index contributed by atoms with van der Waals surface area (Å²) >= 11 is 0. The molecule has 1 aliphatic rings. The smallest absolute Gasteiger partial charge is 0.196 e. The number of nitrogens with zero attached hydrogens (tertiary/aromatic N) is 2. The minimum atomic E-state index is 0.146. The molecule has 0 aliphatic carbocycles. The van der Waals surface area contributed by atoms with Crippen LogP contribution in [0.5, 0.6) is 0 Å². The SMILES string of the molecule is C=CN=C(N)N1CCCC1CO. The Kier molecular flexibility index (Phi) is 3.10. The normalized spacial score (nSPS) is 24.6. The van der Waals surface area contributed by atoms with E-state index in [4.69, 9.17) is 10.8 Å². The van der Waals surface area contributed by atoms with Gasteiger partial charge in [-0.05, 0) is 12.8 Å². The number of likely N-dealkylation sites (tertiary alicyclic amines) is 1. The van der Waals surface area contributed by atoms with E-state index in [0.717, 1.165) is 19.4 Å². The number of hydrogen-bond acceptors (Lipinski definition) is 2. The first-order valence-electron chi connectivity index (χ1n) is 4.11. The second kappa shape index (κ2) is 4.11. The molecule has 0 aromatic rings. The minimum Gasteiger partial charge on any atom is -0.394 e. The number of aliphatic hydroxyl groups is 1. The Morgan fingerprint density at radius 2 is 2.58 bits per heavy atom. The van der Waals surface area contributed by atoms with Crippen molar-refractivity contribution in [3.8, 4) is 0 Å². The Hall–Kier alpha value is -1.03. The van der Waals surface area contributed by atoms with Crippen LogP contribution in [0.3, 0.4) is 0 Å². The van der Waals surface area contributed by atoms with Gasteiger partial charge in [-0.15, -0.1) is 0 Å². The van der Waals surface area contributed by atoms with E-state index in [9.17, 15) is 0 Å². The maximum Gasteiger partial charge on any atom is 0.196 e. The molecule has 0 radical (unpaired) electrons. The number of guanidine groups is 1. The molecule has 1 saturated heterocycles. The van der Waals surface area contributed by atoms with Crippen molar-refractivity contribution in [1.82, 2.24) is 4.90 Å². The molecule has 68 valence electrons. The molecule has 0 amide bonds. The first-order chi connectivity index (χ1) is 5.79. The summed E-state index contributed by atoms with van der Waals surface area (Å²) in [6.07, 6.45) is 3.48. The van der Waals surface area contributed by atoms with Gasteiger partial charge in [-0.25, -0.2) is 4.99 Å². The third-order valence-electron chi connectivity index (χ3n) is 2.11. The average molecular weight is 169 g/mol. The fraction of sp³-hybridized carbons (Fsp3) is 0.625. The van der Waals surface area contributed by atoms with Crippen molar-refractivity contribution in [3.05, 3.63) is 12.8 Å². The van der Waals surface area contributed by atoms with Gasteiger partial charge >= 0.3 is 0 Å². The van der Waals surface area contributed by atoms with E-state index in [1.54, 1.807) is 0 Å². The molecular formula is C8H15N3O. The van der Waals surface area contributed by atoms with Crippen molar-refractivity contribution in [1.29, 1.82) is 0 Å². The van der Waals surface area contributed by atoms with Crippen LogP contribution in [0.25, 0.3) is 0 Å². The van der Waals surface area contributed by atoms with Crippen molar-refractivity contribution in [2.45, 2.75) is 18.9 Å². The molecule has 0 spiro atoms. The van der Waals surface area contributed by atoms with Crippen LogP contribution < -0.4 is 5.73 Å². The minimum absolute atomic E-state index is 0.146. The lowest BCUT2D eigenvalue weighted by Crippen LogP contribution is -2.42. The van der Waals surface area contributed by atoms with Crippen LogP contribution in [0.4, 0.5) is 0 Å². The number of rotatable bonds is 2. The van der Waals surface area contributed by atoms with E-state index >= 15 is 0 Å². The monoisotopic (exact) mass is 169 g/mol. The predicted octanol–water partition coefficient (Wildman–Crippen LogP) is -0.0987. The van der Waals surface area contributed by atoms with Crippen molar-refractivity contribution in [2.24, 2.45) is 10.7 Å². The van der Waals surface area contributed by atoms with Gasteiger partial charge in [0.25, 0.3) is 0 Å². The summed E-state index contributed by atoms with van der Waals surface area (Å²) in [6, 6.07) is 0.147. The summed E-state index contributed by atoms with van der Waals surface area (Å²) in [4.78, 5) is 5.80. The summed E-state index contributed by atoms with van der Waals surface area (Å²) in [5, 5.41) is 8.98. The van der Waals surface area contributed by atoms with Crippen molar-refractivity contribution >= 4 is 5.96 Å². The summed E-state index contributed by atoms with van der Waals surface area (Å²) in [5.41, 5.74) is 5.65. The molecule has 12 heavy (non-hydrogen) atoms. The summed E-state index contributed by atoms with van der Waals surface area (Å²) in [7, 11) is 0. The van der Waals surface area contributed by atoms with Gasteiger partial charge in [0.15, 0.2) is 5.96 Å². The lowest BCUT2D eigenvalue weighted by atomic mass is 10.2. The second-order valence-electron chi connectivity index (χ2n) is 2.84. The Balaban J connectivity index is 2.60. The fourth-order valence-electron chi connectivity index (χ4n) is 1.49. The highest BCUT2D eigenvalue weighted by Gasteiger charge is 2.24. The van der Waals surface area contributed by atoms with Crippen LogP contribution in [0, 0.1) is 0 Å². The highest BCUT2D eigenvalue weighted by molar-refractivity contribution is 5.79. The van der Waals surface area contributed by atoms with E-state index in [1.165, 1.54) is 6.20 Å². The van der Waals surface area contributed by atoms with Gasteiger partial charge in [-0.1, -0.05) is 6.58 Å². The van der Waals surface area contributed by atoms with Crippen molar-refractivity contribution < 1.29 is 5.11 Å². The Bertz CT molecular complexity index is 191. The van der Waals surface area contributed by atoms with Gasteiger partial charge in [-0.2, -0.15) is 0 Å². The fourth-order valence-corrected chi connectivity index (χ4v) is 1.49. The molecular weight excluding hydrogens is 154 g/mol. The van der Waals surface area contributed by atoms with E-state index in [-0.39, 0.29) is 12.6 Å². The Labute approximate surface area is 72.4 Å². The third kappa shape index (κ3) is 1.76. The van der Waals surface area contributed by atoms with Crippen LogP contribution in [0.1, 0.15) is 12.8 Å². The van der Waals surface area contributed by atoms with E-state index < -0.39 is 0 Å². The second-order valence-corrected chi connectivity index (χ2v) is 2.84. The molecule has 0 aromatic carbocycles. The quantitative estimate of drug-likeness (QED) is 0.448. The van der Waals surface area contributed by atoms with Gasteiger partial charge in [0.05, 0.1) is 12.6 Å². The molecule has 0 saturated carbocycles.